The summed E-state index contributed by atoms with van der Waals surface area (Å²) in [5.74, 6) is 0. The molecule has 0 radical (unpaired) electrons. The second kappa shape index (κ2) is 3.93. The van der Waals surface area contributed by atoms with Crippen LogP contribution in [0.5, 0.6) is 0 Å². The molecule has 0 saturated heterocycles. The van der Waals surface area contributed by atoms with Gasteiger partial charge in [-0.3, -0.25) is 0 Å². The standard InChI is InChI=1S/C6H12Cl2N2.Pt/c7-5(9)3-1-2-4-6(5,8)10;/h1-4,9-10H2;/t5-,6-;/m1./s1. The van der Waals surface area contributed by atoms with Gasteiger partial charge >= 0.3 is 0 Å². The van der Waals surface area contributed by atoms with E-state index < -0.39 is 10.00 Å². The van der Waals surface area contributed by atoms with Crippen molar-refractivity contribution in [1.82, 2.24) is 0 Å². The van der Waals surface area contributed by atoms with E-state index in [0.29, 0.717) is 12.8 Å². The monoisotopic (exact) mass is 377 g/mol. The van der Waals surface area contributed by atoms with Crippen molar-refractivity contribution >= 4 is 23.2 Å². The minimum Gasteiger partial charge on any atom is -0.310 e. The summed E-state index contributed by atoms with van der Waals surface area (Å²) in [5.41, 5.74) is 11.3. The largest absolute Gasteiger partial charge is 0.310 e. The Morgan fingerprint density at radius 3 is 1.36 bits per heavy atom. The predicted octanol–water partition coefficient (Wildman–Crippen LogP) is 1.35. The van der Waals surface area contributed by atoms with Crippen molar-refractivity contribution in [2.45, 2.75) is 35.7 Å². The van der Waals surface area contributed by atoms with Crippen LogP contribution in [0.1, 0.15) is 25.7 Å². The molecule has 1 rings (SSSR count). The van der Waals surface area contributed by atoms with Gasteiger partial charge in [-0.25, -0.2) is 0 Å². The summed E-state index contributed by atoms with van der Waals surface area (Å²) in [6.45, 7) is 0. The summed E-state index contributed by atoms with van der Waals surface area (Å²) in [6.07, 6.45) is 3.44. The zero-order valence-corrected chi connectivity index (χ0v) is 9.84. The van der Waals surface area contributed by atoms with Crippen molar-refractivity contribution in [2.75, 3.05) is 0 Å². The first-order chi connectivity index (χ1) is 4.46. The second-order valence-electron chi connectivity index (χ2n) is 2.93. The fraction of sp³-hybridized carbons (Fsp3) is 1.00. The third-order valence-electron chi connectivity index (χ3n) is 2.02. The van der Waals surface area contributed by atoms with E-state index in [2.05, 4.69) is 0 Å². The minimum atomic E-state index is -0.910. The van der Waals surface area contributed by atoms with E-state index >= 15 is 0 Å². The molecule has 0 aliphatic heterocycles. The average molecular weight is 378 g/mol. The normalized spacial score (nSPS) is 44.7. The Kier molecular flexibility index (Phi) is 4.36. The van der Waals surface area contributed by atoms with Crippen LogP contribution in [0, 0.1) is 0 Å². The van der Waals surface area contributed by atoms with E-state index in [1.165, 1.54) is 0 Å². The zero-order chi connectivity index (χ0) is 7.83. The van der Waals surface area contributed by atoms with Crippen molar-refractivity contribution in [1.29, 1.82) is 0 Å². The molecule has 1 aliphatic carbocycles. The molecule has 0 heterocycles. The minimum absolute atomic E-state index is 0. The van der Waals surface area contributed by atoms with Crippen LogP contribution in [0.2, 0.25) is 0 Å². The van der Waals surface area contributed by atoms with Gasteiger partial charge in [0.1, 0.15) is 10.00 Å². The molecule has 2 atom stereocenters. The molecular formula is C6H12Cl2N2Pt. The Bertz CT molecular complexity index is 123. The van der Waals surface area contributed by atoms with E-state index in [0.717, 1.165) is 12.8 Å². The molecule has 2 nitrogen and oxygen atoms in total. The number of rotatable bonds is 0. The Labute approximate surface area is 91.2 Å². The van der Waals surface area contributed by atoms with Gasteiger partial charge in [-0.2, -0.15) is 0 Å². The molecule has 0 aromatic rings. The molecule has 0 aromatic heterocycles. The number of alkyl halides is 2. The zero-order valence-electron chi connectivity index (χ0n) is 6.06. The summed E-state index contributed by atoms with van der Waals surface area (Å²) >= 11 is 11.8. The molecular weight excluding hydrogens is 366 g/mol. The maximum absolute atomic E-state index is 5.88. The second-order valence-corrected chi connectivity index (χ2v) is 4.28. The Morgan fingerprint density at radius 1 is 0.909 bits per heavy atom. The van der Waals surface area contributed by atoms with Crippen LogP contribution in [0.15, 0.2) is 0 Å². The summed E-state index contributed by atoms with van der Waals surface area (Å²) in [5, 5.41) is 0. The molecule has 0 unspecified atom stereocenters. The van der Waals surface area contributed by atoms with Crippen LogP contribution in [-0.4, -0.2) is 10.00 Å². The van der Waals surface area contributed by atoms with Gasteiger partial charge in [-0.05, 0) is 12.8 Å². The molecule has 0 spiro atoms. The first-order valence-corrected chi connectivity index (χ1v) is 4.17. The van der Waals surface area contributed by atoms with Crippen LogP contribution in [0.4, 0.5) is 0 Å². The van der Waals surface area contributed by atoms with Crippen LogP contribution < -0.4 is 11.5 Å². The van der Waals surface area contributed by atoms with Crippen molar-refractivity contribution in [2.24, 2.45) is 11.5 Å². The smallest absolute Gasteiger partial charge is 0.123 e. The van der Waals surface area contributed by atoms with Crippen LogP contribution in [0.3, 0.4) is 0 Å². The summed E-state index contributed by atoms with van der Waals surface area (Å²) in [7, 11) is 0. The number of hydrogen-bond acceptors (Lipinski definition) is 2. The molecule has 0 amide bonds. The molecule has 0 aromatic carbocycles. The number of halogens is 2. The molecule has 5 heteroatoms. The van der Waals surface area contributed by atoms with Crippen LogP contribution >= 0.6 is 23.2 Å². The summed E-state index contributed by atoms with van der Waals surface area (Å²) in [6, 6.07) is 0. The van der Waals surface area contributed by atoms with E-state index in [4.69, 9.17) is 34.7 Å². The fourth-order valence-electron chi connectivity index (χ4n) is 1.18. The van der Waals surface area contributed by atoms with E-state index in [9.17, 15) is 0 Å². The van der Waals surface area contributed by atoms with Crippen LogP contribution in [0.25, 0.3) is 0 Å². The third-order valence-corrected chi connectivity index (χ3v) is 3.17. The van der Waals surface area contributed by atoms with Gasteiger partial charge in [0.2, 0.25) is 0 Å². The number of nitrogens with two attached hydrogens (primary N) is 2. The maximum atomic E-state index is 5.88. The van der Waals surface area contributed by atoms with Gasteiger partial charge in [-0.15, -0.1) is 0 Å². The molecule has 70 valence electrons. The van der Waals surface area contributed by atoms with Gasteiger partial charge in [0.05, 0.1) is 0 Å². The predicted molar refractivity (Wildman–Crippen MR) is 44.0 cm³/mol. The third kappa shape index (κ3) is 2.57. The van der Waals surface area contributed by atoms with E-state index in [1.54, 1.807) is 0 Å². The average Bonchev–Trinajstić information content (AvgIpc) is 1.77. The first kappa shape index (κ1) is 12.2. The van der Waals surface area contributed by atoms with Gasteiger partial charge in [0.15, 0.2) is 0 Å². The fourth-order valence-corrected chi connectivity index (χ4v) is 1.64. The van der Waals surface area contributed by atoms with Crippen molar-refractivity contribution < 1.29 is 21.1 Å². The van der Waals surface area contributed by atoms with Crippen molar-refractivity contribution in [3.63, 3.8) is 0 Å². The van der Waals surface area contributed by atoms with Gasteiger partial charge in [-0.1, -0.05) is 36.0 Å². The first-order valence-electron chi connectivity index (χ1n) is 3.41. The van der Waals surface area contributed by atoms with Gasteiger partial charge < -0.3 is 11.5 Å². The summed E-state index contributed by atoms with van der Waals surface area (Å²) in [4.78, 5) is -1.82. The molecule has 1 saturated carbocycles. The van der Waals surface area contributed by atoms with E-state index in [1.807, 2.05) is 0 Å². The molecule has 1 fully saturated rings. The van der Waals surface area contributed by atoms with Crippen molar-refractivity contribution in [3.8, 4) is 0 Å². The van der Waals surface area contributed by atoms with Gasteiger partial charge in [0.25, 0.3) is 0 Å². The SMILES string of the molecule is N[C@]1(Cl)CCCC[C@]1(N)Cl.[Pt]. The Morgan fingerprint density at radius 2 is 1.18 bits per heavy atom. The molecule has 0 bridgehead atoms. The van der Waals surface area contributed by atoms with Gasteiger partial charge in [0, 0.05) is 21.1 Å². The quantitative estimate of drug-likeness (QED) is 0.494. The Hall–Kier alpha value is 1.19. The molecule has 11 heavy (non-hydrogen) atoms. The molecule has 4 N–H and O–H groups in total. The summed E-state index contributed by atoms with van der Waals surface area (Å²) < 4.78 is 0. The van der Waals surface area contributed by atoms with Crippen LogP contribution in [-0.2, 0) is 21.1 Å². The molecule has 1 aliphatic rings. The number of hydrogen-bond donors (Lipinski definition) is 2. The van der Waals surface area contributed by atoms with Crippen molar-refractivity contribution in [3.05, 3.63) is 0 Å². The Balaban J connectivity index is 0.000001000. The maximum Gasteiger partial charge on any atom is 0.123 e. The van der Waals surface area contributed by atoms with E-state index in [-0.39, 0.29) is 21.1 Å². The topological polar surface area (TPSA) is 52.0 Å².